The van der Waals surface area contributed by atoms with Crippen molar-refractivity contribution in [1.29, 1.82) is 0 Å². The van der Waals surface area contributed by atoms with Gasteiger partial charge in [0.1, 0.15) is 18.2 Å². The molecule has 3 aliphatic rings. The van der Waals surface area contributed by atoms with Gasteiger partial charge < -0.3 is 14.2 Å². The smallest absolute Gasteiger partial charge is 0.410 e. The summed E-state index contributed by atoms with van der Waals surface area (Å²) in [6.07, 6.45) is 6.87. The van der Waals surface area contributed by atoms with Gasteiger partial charge in [0.2, 0.25) is 10.0 Å². The van der Waals surface area contributed by atoms with E-state index in [1.165, 1.54) is 23.0 Å². The Hall–Kier alpha value is -3.61. The Labute approximate surface area is 269 Å². The Morgan fingerprint density at radius 3 is 2.43 bits per heavy atom. The number of sulfonamides is 1. The van der Waals surface area contributed by atoms with E-state index in [4.69, 9.17) is 14.2 Å². The summed E-state index contributed by atoms with van der Waals surface area (Å²) in [6, 6.07) is 15.4. The van der Waals surface area contributed by atoms with Crippen LogP contribution in [0.5, 0.6) is 5.75 Å². The topological polar surface area (TPSA) is 111 Å². The molecule has 6 rings (SSSR count). The molecule has 0 radical (unpaired) electrons. The number of amides is 1. The second-order valence-corrected chi connectivity index (χ2v) is 14.8. The van der Waals surface area contributed by atoms with Gasteiger partial charge in [-0.15, -0.1) is 0 Å². The SMILES string of the molecule is COc1ccc(CN([C@H]2C[C@@H](C)N(C(=O)OCc3ccccc3)[C@H]2COC2CCC3(c4ncc(F)cn4)CC3C2)S(C)(=O)=O)cc1. The Balaban J connectivity index is 1.20. The number of benzene rings is 2. The van der Waals surface area contributed by atoms with Crippen LogP contribution in [0.3, 0.4) is 0 Å². The normalized spacial score (nSPS) is 27.3. The second-order valence-electron chi connectivity index (χ2n) is 12.8. The fourth-order valence-corrected chi connectivity index (χ4v) is 8.43. The first-order chi connectivity index (χ1) is 22.1. The molecule has 0 bridgehead atoms. The van der Waals surface area contributed by atoms with E-state index in [9.17, 15) is 17.6 Å². The van der Waals surface area contributed by atoms with Gasteiger partial charge >= 0.3 is 6.09 Å². The van der Waals surface area contributed by atoms with Gasteiger partial charge in [-0.2, -0.15) is 4.31 Å². The number of carbonyl (C=O) groups is 1. The van der Waals surface area contributed by atoms with Crippen LogP contribution < -0.4 is 4.74 Å². The van der Waals surface area contributed by atoms with E-state index in [0.717, 1.165) is 36.8 Å². The average Bonchev–Trinajstić information content (AvgIpc) is 3.70. The molecule has 1 aliphatic heterocycles. The predicted octanol–water partition coefficient (Wildman–Crippen LogP) is 5.08. The van der Waals surface area contributed by atoms with Crippen molar-refractivity contribution in [2.24, 2.45) is 5.92 Å². The molecule has 0 N–H and O–H groups in total. The number of hydrogen-bond acceptors (Lipinski definition) is 8. The number of aromatic nitrogens is 2. The van der Waals surface area contributed by atoms with E-state index in [2.05, 4.69) is 9.97 Å². The number of hydrogen-bond donors (Lipinski definition) is 0. The maximum absolute atomic E-state index is 13.6. The Bertz CT molecular complexity index is 1610. The van der Waals surface area contributed by atoms with Gasteiger partial charge in [0.25, 0.3) is 0 Å². The summed E-state index contributed by atoms with van der Waals surface area (Å²) in [4.78, 5) is 23.8. The molecule has 3 aromatic rings. The molecular formula is C34H41FN4O6S. The Morgan fingerprint density at radius 2 is 1.78 bits per heavy atom. The molecule has 1 saturated heterocycles. The molecule has 1 amide bonds. The first kappa shape index (κ1) is 32.3. The molecule has 10 nitrogen and oxygen atoms in total. The quantitative estimate of drug-likeness (QED) is 0.282. The summed E-state index contributed by atoms with van der Waals surface area (Å²) in [7, 11) is -2.10. The number of methoxy groups -OCH3 is 1. The van der Waals surface area contributed by atoms with Crippen molar-refractivity contribution in [1.82, 2.24) is 19.2 Å². The molecule has 0 spiro atoms. The van der Waals surface area contributed by atoms with Crippen LogP contribution in [0.15, 0.2) is 67.0 Å². The summed E-state index contributed by atoms with van der Waals surface area (Å²) in [5, 5.41) is 0. The molecule has 2 aliphatic carbocycles. The minimum Gasteiger partial charge on any atom is -0.497 e. The number of ether oxygens (including phenoxy) is 3. The van der Waals surface area contributed by atoms with Crippen molar-refractivity contribution >= 4 is 16.1 Å². The van der Waals surface area contributed by atoms with Gasteiger partial charge in [-0.05, 0) is 68.2 Å². The van der Waals surface area contributed by atoms with E-state index in [-0.39, 0.29) is 37.3 Å². The molecule has 246 valence electrons. The van der Waals surface area contributed by atoms with E-state index in [1.54, 1.807) is 24.1 Å². The number of carbonyl (C=O) groups excluding carboxylic acids is 1. The van der Waals surface area contributed by atoms with Crippen LogP contribution in [-0.2, 0) is 38.1 Å². The molecule has 6 atom stereocenters. The van der Waals surface area contributed by atoms with E-state index in [1.807, 2.05) is 49.4 Å². The first-order valence-corrected chi connectivity index (χ1v) is 17.6. The van der Waals surface area contributed by atoms with E-state index in [0.29, 0.717) is 23.9 Å². The lowest BCUT2D eigenvalue weighted by Crippen LogP contribution is -2.51. The third kappa shape index (κ3) is 6.89. The van der Waals surface area contributed by atoms with Gasteiger partial charge in [0, 0.05) is 24.0 Å². The lowest BCUT2D eigenvalue weighted by Gasteiger charge is -2.35. The highest BCUT2D eigenvalue weighted by atomic mass is 32.2. The number of fused-ring (bicyclic) bond motifs is 1. The highest BCUT2D eigenvalue weighted by Gasteiger charge is 2.60. The van der Waals surface area contributed by atoms with Crippen molar-refractivity contribution in [3.8, 4) is 5.75 Å². The monoisotopic (exact) mass is 652 g/mol. The van der Waals surface area contributed by atoms with Crippen molar-refractivity contribution in [3.63, 3.8) is 0 Å². The van der Waals surface area contributed by atoms with Crippen LogP contribution in [0.2, 0.25) is 0 Å². The summed E-state index contributed by atoms with van der Waals surface area (Å²) in [5.41, 5.74) is 1.55. The first-order valence-electron chi connectivity index (χ1n) is 15.8. The van der Waals surface area contributed by atoms with Crippen LogP contribution in [0, 0.1) is 11.7 Å². The zero-order valence-electron chi connectivity index (χ0n) is 26.4. The van der Waals surface area contributed by atoms with Crippen LogP contribution in [0.1, 0.15) is 56.0 Å². The summed E-state index contributed by atoms with van der Waals surface area (Å²) in [5.74, 6) is 1.26. The van der Waals surface area contributed by atoms with Crippen LogP contribution in [-0.4, -0.2) is 77.9 Å². The molecule has 2 heterocycles. The van der Waals surface area contributed by atoms with E-state index >= 15 is 0 Å². The third-order valence-corrected chi connectivity index (χ3v) is 11.1. The summed E-state index contributed by atoms with van der Waals surface area (Å²) < 4.78 is 59.2. The van der Waals surface area contributed by atoms with Gasteiger partial charge in [-0.3, -0.25) is 4.90 Å². The van der Waals surface area contributed by atoms with Gasteiger partial charge in [0.15, 0.2) is 5.82 Å². The summed E-state index contributed by atoms with van der Waals surface area (Å²) in [6.45, 7) is 2.35. The van der Waals surface area contributed by atoms with E-state index < -0.39 is 34.0 Å². The minimum atomic E-state index is -3.68. The minimum absolute atomic E-state index is 0.0620. The zero-order valence-corrected chi connectivity index (χ0v) is 27.2. The van der Waals surface area contributed by atoms with Gasteiger partial charge in [-0.25, -0.2) is 27.6 Å². The van der Waals surface area contributed by atoms with Crippen molar-refractivity contribution < 1.29 is 31.8 Å². The maximum atomic E-state index is 13.6. The predicted molar refractivity (Wildman–Crippen MR) is 169 cm³/mol. The molecule has 46 heavy (non-hydrogen) atoms. The second kappa shape index (κ2) is 13.2. The lowest BCUT2D eigenvalue weighted by atomic mass is 9.86. The number of halogens is 1. The standard InChI is InChI=1S/C34H41FN4O6S/c1-23-15-30(38(46(3,41)42)20-24-9-11-28(43-2)12-10-24)31(39(23)33(40)45-21-25-7-5-4-6-8-25)22-44-29-13-14-34(17-26(34)16-29)32-36-18-27(35)19-37-32/h4-12,18-19,23,26,29-31H,13-17,20-22H2,1-3H3/t23-,26?,29?,30+,31+,34?/m1/s1. The summed E-state index contributed by atoms with van der Waals surface area (Å²) >= 11 is 0. The third-order valence-electron chi connectivity index (χ3n) is 9.83. The average molecular weight is 653 g/mol. The van der Waals surface area contributed by atoms with Crippen LogP contribution in [0.25, 0.3) is 0 Å². The highest BCUT2D eigenvalue weighted by Crippen LogP contribution is 2.61. The Morgan fingerprint density at radius 1 is 1.07 bits per heavy atom. The van der Waals surface area contributed by atoms with Gasteiger partial charge in [0.05, 0.1) is 44.5 Å². The molecule has 3 fully saturated rings. The lowest BCUT2D eigenvalue weighted by molar-refractivity contribution is -0.0177. The molecule has 1 aromatic heterocycles. The van der Waals surface area contributed by atoms with Crippen LogP contribution >= 0.6 is 0 Å². The fourth-order valence-electron chi connectivity index (χ4n) is 7.32. The molecule has 2 saturated carbocycles. The van der Waals surface area contributed by atoms with Gasteiger partial charge in [-0.1, -0.05) is 42.5 Å². The molecular weight excluding hydrogens is 611 g/mol. The van der Waals surface area contributed by atoms with Crippen molar-refractivity contribution in [2.45, 2.75) is 81.8 Å². The molecule has 2 aromatic carbocycles. The number of likely N-dealkylation sites (tertiary alicyclic amines) is 1. The largest absolute Gasteiger partial charge is 0.497 e. The molecule has 12 heteroatoms. The zero-order chi connectivity index (χ0) is 32.5. The van der Waals surface area contributed by atoms with Crippen molar-refractivity contribution in [2.75, 3.05) is 20.0 Å². The number of rotatable bonds is 11. The maximum Gasteiger partial charge on any atom is 0.410 e. The number of nitrogens with zero attached hydrogens (tertiary/aromatic N) is 4. The highest BCUT2D eigenvalue weighted by molar-refractivity contribution is 7.88. The van der Waals surface area contributed by atoms with Crippen LogP contribution in [0.4, 0.5) is 9.18 Å². The Kier molecular flexibility index (Phi) is 9.31. The van der Waals surface area contributed by atoms with Crippen molar-refractivity contribution in [3.05, 3.63) is 89.8 Å². The molecule has 3 unspecified atom stereocenters. The fraction of sp³-hybridized carbons (Fsp3) is 0.500.